The number of hydrogen-bond acceptors (Lipinski definition) is 7. The standard InChI is InChI=1S/C23H29N9/c1-16(2)19-15-27-32-21(19)28-23(30-12-8-18(24)9-13-30)29-22(32)25-14-17-6-3-4-7-20(17)31-11-5-10-26-31/h3-7,10-11,15-16,18H,8-9,12-14,24H2,1-2H3,(H,25,28,29). The molecule has 0 bridgehead atoms. The van der Waals surface area contributed by atoms with Crippen LogP contribution in [0, 0.1) is 0 Å². The Morgan fingerprint density at radius 3 is 2.66 bits per heavy atom. The number of nitrogens with one attached hydrogen (secondary N) is 1. The number of aromatic nitrogens is 6. The molecule has 3 aromatic heterocycles. The highest BCUT2D eigenvalue weighted by Gasteiger charge is 2.22. The molecule has 1 aliphatic heterocycles. The normalized spacial score (nSPS) is 15.1. The van der Waals surface area contributed by atoms with E-state index in [9.17, 15) is 0 Å². The van der Waals surface area contributed by atoms with Gasteiger partial charge >= 0.3 is 0 Å². The number of anilines is 2. The largest absolute Gasteiger partial charge is 0.350 e. The lowest BCUT2D eigenvalue weighted by Crippen LogP contribution is -2.40. The van der Waals surface area contributed by atoms with Gasteiger partial charge in [0, 0.05) is 43.6 Å². The zero-order valence-electron chi connectivity index (χ0n) is 18.5. The minimum Gasteiger partial charge on any atom is -0.350 e. The summed E-state index contributed by atoms with van der Waals surface area (Å²) >= 11 is 0. The second-order valence-electron chi connectivity index (χ2n) is 8.59. The maximum atomic E-state index is 6.11. The first-order chi connectivity index (χ1) is 15.6. The molecule has 4 aromatic rings. The monoisotopic (exact) mass is 431 g/mol. The summed E-state index contributed by atoms with van der Waals surface area (Å²) in [5.74, 6) is 1.73. The van der Waals surface area contributed by atoms with Crippen molar-refractivity contribution in [3.63, 3.8) is 0 Å². The van der Waals surface area contributed by atoms with Crippen LogP contribution in [-0.2, 0) is 6.54 Å². The van der Waals surface area contributed by atoms with E-state index in [1.807, 2.05) is 39.8 Å². The predicted molar refractivity (Wildman–Crippen MR) is 125 cm³/mol. The van der Waals surface area contributed by atoms with Gasteiger partial charge in [-0.25, -0.2) is 4.68 Å². The number of nitrogens with two attached hydrogens (primary N) is 1. The fraction of sp³-hybridized carbons (Fsp3) is 0.391. The van der Waals surface area contributed by atoms with Gasteiger partial charge in [0.05, 0.1) is 11.9 Å². The van der Waals surface area contributed by atoms with Crippen molar-refractivity contribution in [1.29, 1.82) is 0 Å². The lowest BCUT2D eigenvalue weighted by molar-refractivity contribution is 0.495. The lowest BCUT2D eigenvalue weighted by Gasteiger charge is -2.30. The number of benzene rings is 1. The molecular weight excluding hydrogens is 402 g/mol. The Balaban J connectivity index is 1.50. The summed E-state index contributed by atoms with van der Waals surface area (Å²) < 4.78 is 3.69. The first kappa shape index (κ1) is 20.4. The molecular formula is C23H29N9. The third-order valence-electron chi connectivity index (χ3n) is 6.01. The van der Waals surface area contributed by atoms with Gasteiger partial charge < -0.3 is 16.0 Å². The minimum atomic E-state index is 0.257. The molecule has 1 aromatic carbocycles. The maximum absolute atomic E-state index is 6.11. The summed E-state index contributed by atoms with van der Waals surface area (Å²) in [7, 11) is 0. The first-order valence-electron chi connectivity index (χ1n) is 11.2. The van der Waals surface area contributed by atoms with Crippen LogP contribution in [0.25, 0.3) is 11.3 Å². The van der Waals surface area contributed by atoms with Crippen LogP contribution in [0.3, 0.4) is 0 Å². The molecule has 0 unspecified atom stereocenters. The van der Waals surface area contributed by atoms with Crippen LogP contribution in [0.15, 0.2) is 48.9 Å². The van der Waals surface area contributed by atoms with Crippen molar-refractivity contribution < 1.29 is 0 Å². The van der Waals surface area contributed by atoms with Crippen molar-refractivity contribution in [3.05, 3.63) is 60.0 Å². The van der Waals surface area contributed by atoms with Crippen LogP contribution in [0.4, 0.5) is 11.9 Å². The highest BCUT2D eigenvalue weighted by atomic mass is 15.4. The zero-order chi connectivity index (χ0) is 22.1. The van der Waals surface area contributed by atoms with Crippen LogP contribution in [0.5, 0.6) is 0 Å². The molecule has 0 atom stereocenters. The molecule has 0 saturated carbocycles. The van der Waals surface area contributed by atoms with Crippen LogP contribution in [0.2, 0.25) is 0 Å². The van der Waals surface area contributed by atoms with Gasteiger partial charge in [-0.3, -0.25) is 0 Å². The van der Waals surface area contributed by atoms with Crippen molar-refractivity contribution in [1.82, 2.24) is 29.4 Å². The quantitative estimate of drug-likeness (QED) is 0.484. The molecule has 9 heteroatoms. The molecule has 9 nitrogen and oxygen atoms in total. The summed E-state index contributed by atoms with van der Waals surface area (Å²) in [6, 6.07) is 10.4. The van der Waals surface area contributed by atoms with E-state index in [2.05, 4.69) is 46.4 Å². The van der Waals surface area contributed by atoms with Crippen molar-refractivity contribution in [3.8, 4) is 5.69 Å². The van der Waals surface area contributed by atoms with Gasteiger partial charge in [0.1, 0.15) is 0 Å². The Labute approximate surface area is 187 Å². The molecule has 166 valence electrons. The number of piperidine rings is 1. The number of para-hydroxylation sites is 1. The summed E-state index contributed by atoms with van der Waals surface area (Å²) in [4.78, 5) is 12.0. The summed E-state index contributed by atoms with van der Waals surface area (Å²) in [5.41, 5.74) is 10.2. The maximum Gasteiger partial charge on any atom is 0.230 e. The molecule has 1 fully saturated rings. The van der Waals surface area contributed by atoms with Gasteiger partial charge in [-0.05, 0) is 36.5 Å². The summed E-state index contributed by atoms with van der Waals surface area (Å²) in [5, 5.41) is 12.5. The molecule has 32 heavy (non-hydrogen) atoms. The summed E-state index contributed by atoms with van der Waals surface area (Å²) in [6.07, 6.45) is 7.53. The Hall–Kier alpha value is -3.46. The Morgan fingerprint density at radius 1 is 1.09 bits per heavy atom. The summed E-state index contributed by atoms with van der Waals surface area (Å²) in [6.45, 7) is 6.63. The van der Waals surface area contributed by atoms with E-state index in [4.69, 9.17) is 15.7 Å². The number of hydrogen-bond donors (Lipinski definition) is 2. The highest BCUT2D eigenvalue weighted by Crippen LogP contribution is 2.25. The Morgan fingerprint density at radius 2 is 1.91 bits per heavy atom. The van der Waals surface area contributed by atoms with E-state index in [-0.39, 0.29) is 6.04 Å². The van der Waals surface area contributed by atoms with Gasteiger partial charge in [-0.2, -0.15) is 24.7 Å². The second-order valence-corrected chi connectivity index (χ2v) is 8.59. The van der Waals surface area contributed by atoms with Gasteiger partial charge in [0.25, 0.3) is 0 Å². The van der Waals surface area contributed by atoms with Crippen LogP contribution >= 0.6 is 0 Å². The molecule has 5 rings (SSSR count). The lowest BCUT2D eigenvalue weighted by atomic mass is 10.1. The van der Waals surface area contributed by atoms with Crippen molar-refractivity contribution in [2.45, 2.75) is 45.2 Å². The number of nitrogens with zero attached hydrogens (tertiary/aromatic N) is 7. The van der Waals surface area contributed by atoms with Crippen LogP contribution in [-0.4, -0.2) is 48.5 Å². The molecule has 0 radical (unpaired) electrons. The molecule has 3 N–H and O–H groups in total. The van der Waals surface area contributed by atoms with Crippen molar-refractivity contribution in [2.75, 3.05) is 23.3 Å². The Kier molecular flexibility index (Phi) is 5.48. The average molecular weight is 432 g/mol. The average Bonchev–Trinajstić information content (AvgIpc) is 3.48. The van der Waals surface area contributed by atoms with Gasteiger partial charge in [-0.15, -0.1) is 0 Å². The first-order valence-corrected chi connectivity index (χ1v) is 11.2. The van der Waals surface area contributed by atoms with Crippen molar-refractivity contribution in [2.24, 2.45) is 5.73 Å². The van der Waals surface area contributed by atoms with E-state index in [1.54, 1.807) is 6.20 Å². The van der Waals surface area contributed by atoms with E-state index < -0.39 is 0 Å². The van der Waals surface area contributed by atoms with E-state index in [0.29, 0.717) is 18.4 Å². The van der Waals surface area contributed by atoms with Crippen LogP contribution in [0.1, 0.15) is 43.7 Å². The van der Waals surface area contributed by atoms with E-state index in [0.717, 1.165) is 54.3 Å². The topological polar surface area (TPSA) is 102 Å². The fourth-order valence-electron chi connectivity index (χ4n) is 4.12. The van der Waals surface area contributed by atoms with E-state index >= 15 is 0 Å². The smallest absolute Gasteiger partial charge is 0.230 e. The number of fused-ring (bicyclic) bond motifs is 1. The second kappa shape index (κ2) is 8.58. The Bertz CT molecular complexity index is 1190. The molecule has 0 spiro atoms. The third kappa shape index (κ3) is 3.91. The molecule has 1 aliphatic rings. The minimum absolute atomic E-state index is 0.257. The molecule has 1 saturated heterocycles. The van der Waals surface area contributed by atoms with Crippen LogP contribution < -0.4 is 16.0 Å². The van der Waals surface area contributed by atoms with E-state index in [1.165, 1.54) is 0 Å². The van der Waals surface area contributed by atoms with Gasteiger partial charge in [0.15, 0.2) is 5.65 Å². The molecule has 4 heterocycles. The fourth-order valence-corrected chi connectivity index (χ4v) is 4.12. The predicted octanol–water partition coefficient (Wildman–Crippen LogP) is 2.97. The molecule has 0 aliphatic carbocycles. The SMILES string of the molecule is CC(C)c1cnn2c(NCc3ccccc3-n3cccn3)nc(N3CCC(N)CC3)nc12. The molecule has 0 amide bonds. The van der Waals surface area contributed by atoms with Gasteiger partial charge in [-0.1, -0.05) is 32.0 Å². The third-order valence-corrected chi connectivity index (χ3v) is 6.01. The zero-order valence-corrected chi connectivity index (χ0v) is 18.5. The van der Waals surface area contributed by atoms with Crippen molar-refractivity contribution >= 4 is 17.5 Å². The number of rotatable bonds is 6. The highest BCUT2D eigenvalue weighted by molar-refractivity contribution is 5.56. The van der Waals surface area contributed by atoms with Gasteiger partial charge in [0.2, 0.25) is 11.9 Å².